The molecule has 68 valence electrons. The van der Waals surface area contributed by atoms with Gasteiger partial charge in [0.2, 0.25) is 0 Å². The van der Waals surface area contributed by atoms with Gasteiger partial charge >= 0.3 is 5.97 Å². The van der Waals surface area contributed by atoms with Crippen LogP contribution < -0.4 is 0 Å². The van der Waals surface area contributed by atoms with E-state index in [9.17, 15) is 4.79 Å². The summed E-state index contributed by atoms with van der Waals surface area (Å²) in [5.41, 5.74) is 0. The minimum Gasteiger partial charge on any atom is -0.477 e. The van der Waals surface area contributed by atoms with Gasteiger partial charge in [-0.3, -0.25) is 0 Å². The summed E-state index contributed by atoms with van der Waals surface area (Å²) < 4.78 is 9.91. The minimum atomic E-state index is -0.449. The lowest BCUT2D eigenvalue weighted by atomic mass is 10.1. The van der Waals surface area contributed by atoms with Crippen molar-refractivity contribution >= 4 is 12.4 Å². The van der Waals surface area contributed by atoms with Crippen molar-refractivity contribution in [2.75, 3.05) is 6.61 Å². The highest BCUT2D eigenvalue weighted by Crippen LogP contribution is 2.14. The van der Waals surface area contributed by atoms with Gasteiger partial charge in [0.25, 0.3) is 0 Å². The van der Waals surface area contributed by atoms with Crippen molar-refractivity contribution in [3.63, 3.8) is 0 Å². The maximum Gasteiger partial charge on any atom is 0.334 e. The molecule has 0 aromatic carbocycles. The zero-order chi connectivity index (χ0) is 8.97. The summed E-state index contributed by atoms with van der Waals surface area (Å²) in [7, 11) is 0. The first-order valence-electron chi connectivity index (χ1n) is 4.13. The lowest BCUT2D eigenvalue weighted by Gasteiger charge is -2.13. The molecule has 0 spiro atoms. The summed E-state index contributed by atoms with van der Waals surface area (Å²) in [5.74, 6) is -0.293. The predicted molar refractivity (Wildman–Crippen MR) is 44.1 cm³/mol. The Hall–Kier alpha value is -1.06. The van der Waals surface area contributed by atoms with Crippen LogP contribution in [0.4, 0.5) is 0 Å². The van der Waals surface area contributed by atoms with Crippen LogP contribution in [0.15, 0.2) is 4.99 Å². The SMILES string of the molecule is CCOC(=O)C1N=COC1CC. The third-order valence-corrected chi connectivity index (χ3v) is 1.74. The average Bonchev–Trinajstić information content (AvgIpc) is 2.51. The van der Waals surface area contributed by atoms with E-state index in [1.807, 2.05) is 6.92 Å². The fourth-order valence-electron chi connectivity index (χ4n) is 1.11. The van der Waals surface area contributed by atoms with Crippen LogP contribution >= 0.6 is 0 Å². The highest BCUT2D eigenvalue weighted by molar-refractivity contribution is 5.79. The number of hydrogen-bond donors (Lipinski definition) is 0. The fourth-order valence-corrected chi connectivity index (χ4v) is 1.11. The van der Waals surface area contributed by atoms with Crippen molar-refractivity contribution < 1.29 is 14.3 Å². The number of aliphatic imine (C=N–C) groups is 1. The van der Waals surface area contributed by atoms with Crippen LogP contribution in [0.2, 0.25) is 0 Å². The molecule has 4 heteroatoms. The fraction of sp³-hybridized carbons (Fsp3) is 0.750. The number of esters is 1. The van der Waals surface area contributed by atoms with Gasteiger partial charge in [-0.1, -0.05) is 6.92 Å². The predicted octanol–water partition coefficient (Wildman–Crippen LogP) is 0.755. The first-order chi connectivity index (χ1) is 5.79. The van der Waals surface area contributed by atoms with E-state index in [4.69, 9.17) is 9.47 Å². The molecule has 2 atom stereocenters. The maximum absolute atomic E-state index is 11.2. The molecule has 1 aliphatic rings. The van der Waals surface area contributed by atoms with Crippen molar-refractivity contribution in [1.82, 2.24) is 0 Å². The molecule has 1 heterocycles. The van der Waals surface area contributed by atoms with E-state index in [0.717, 1.165) is 6.42 Å². The Kier molecular flexibility index (Phi) is 3.08. The third-order valence-electron chi connectivity index (χ3n) is 1.74. The Morgan fingerprint density at radius 1 is 1.67 bits per heavy atom. The molecule has 0 bridgehead atoms. The van der Waals surface area contributed by atoms with E-state index < -0.39 is 6.04 Å². The zero-order valence-electron chi connectivity index (χ0n) is 7.32. The number of rotatable bonds is 3. The summed E-state index contributed by atoms with van der Waals surface area (Å²) in [6, 6.07) is -0.449. The Morgan fingerprint density at radius 2 is 2.42 bits per heavy atom. The smallest absolute Gasteiger partial charge is 0.334 e. The molecule has 0 fully saturated rings. The first kappa shape index (κ1) is 9.03. The van der Waals surface area contributed by atoms with Crippen LogP contribution in [-0.2, 0) is 14.3 Å². The quantitative estimate of drug-likeness (QED) is 0.589. The zero-order valence-corrected chi connectivity index (χ0v) is 7.32. The number of carbonyl (C=O) groups is 1. The van der Waals surface area contributed by atoms with Crippen molar-refractivity contribution in [3.05, 3.63) is 0 Å². The van der Waals surface area contributed by atoms with Crippen molar-refractivity contribution in [2.24, 2.45) is 4.99 Å². The van der Waals surface area contributed by atoms with Gasteiger partial charge in [0.1, 0.15) is 6.10 Å². The van der Waals surface area contributed by atoms with Gasteiger partial charge in [-0.25, -0.2) is 9.79 Å². The number of nitrogens with zero attached hydrogens (tertiary/aromatic N) is 1. The molecule has 1 aliphatic heterocycles. The molecule has 0 saturated heterocycles. The topological polar surface area (TPSA) is 47.9 Å². The number of carbonyl (C=O) groups excluding carboxylic acids is 1. The highest BCUT2D eigenvalue weighted by Gasteiger charge is 2.32. The summed E-state index contributed by atoms with van der Waals surface area (Å²) in [4.78, 5) is 15.1. The molecule has 0 aromatic rings. The van der Waals surface area contributed by atoms with E-state index in [2.05, 4.69) is 4.99 Å². The van der Waals surface area contributed by atoms with Gasteiger partial charge in [-0.05, 0) is 13.3 Å². The second-order valence-corrected chi connectivity index (χ2v) is 2.53. The van der Waals surface area contributed by atoms with Crippen molar-refractivity contribution in [2.45, 2.75) is 32.4 Å². The molecule has 1 rings (SSSR count). The summed E-state index contributed by atoms with van der Waals surface area (Å²) >= 11 is 0. The van der Waals surface area contributed by atoms with Gasteiger partial charge in [0.15, 0.2) is 12.4 Å². The Bertz CT molecular complexity index is 191. The molecule has 2 unspecified atom stereocenters. The largest absolute Gasteiger partial charge is 0.477 e. The summed E-state index contributed by atoms with van der Waals surface area (Å²) in [6.07, 6.45) is 1.96. The van der Waals surface area contributed by atoms with E-state index in [-0.39, 0.29) is 12.1 Å². The monoisotopic (exact) mass is 171 g/mol. The van der Waals surface area contributed by atoms with Gasteiger partial charge in [0.05, 0.1) is 6.61 Å². The standard InChI is InChI=1S/C8H13NO3/c1-3-6-7(9-5-12-6)8(10)11-4-2/h5-7H,3-4H2,1-2H3. The third kappa shape index (κ3) is 1.75. The Morgan fingerprint density at radius 3 is 3.00 bits per heavy atom. The Balaban J connectivity index is 2.49. The lowest BCUT2D eigenvalue weighted by molar-refractivity contribution is -0.146. The van der Waals surface area contributed by atoms with Crippen LogP contribution in [0.5, 0.6) is 0 Å². The molecule has 0 aromatic heterocycles. The van der Waals surface area contributed by atoms with Crippen molar-refractivity contribution in [1.29, 1.82) is 0 Å². The normalized spacial score (nSPS) is 26.8. The lowest BCUT2D eigenvalue weighted by Crippen LogP contribution is -2.31. The maximum atomic E-state index is 11.2. The molecule has 12 heavy (non-hydrogen) atoms. The molecular formula is C8H13NO3. The van der Waals surface area contributed by atoms with E-state index in [0.29, 0.717) is 6.61 Å². The average molecular weight is 171 g/mol. The first-order valence-corrected chi connectivity index (χ1v) is 4.13. The molecule has 0 amide bonds. The van der Waals surface area contributed by atoms with Crippen LogP contribution in [-0.4, -0.2) is 31.1 Å². The van der Waals surface area contributed by atoms with Crippen LogP contribution in [0, 0.1) is 0 Å². The minimum absolute atomic E-state index is 0.135. The second kappa shape index (κ2) is 4.09. The van der Waals surface area contributed by atoms with Gasteiger partial charge in [-0.2, -0.15) is 0 Å². The van der Waals surface area contributed by atoms with E-state index in [1.54, 1.807) is 6.92 Å². The van der Waals surface area contributed by atoms with Crippen LogP contribution in [0.3, 0.4) is 0 Å². The molecule has 0 aliphatic carbocycles. The summed E-state index contributed by atoms with van der Waals surface area (Å²) in [6.45, 7) is 4.12. The van der Waals surface area contributed by atoms with Gasteiger partial charge < -0.3 is 9.47 Å². The van der Waals surface area contributed by atoms with Crippen LogP contribution in [0.25, 0.3) is 0 Å². The number of hydrogen-bond acceptors (Lipinski definition) is 4. The van der Waals surface area contributed by atoms with Crippen LogP contribution in [0.1, 0.15) is 20.3 Å². The highest BCUT2D eigenvalue weighted by atomic mass is 16.5. The van der Waals surface area contributed by atoms with E-state index in [1.165, 1.54) is 6.40 Å². The Labute approximate surface area is 71.6 Å². The van der Waals surface area contributed by atoms with Gasteiger partial charge in [-0.15, -0.1) is 0 Å². The molecular weight excluding hydrogens is 158 g/mol. The van der Waals surface area contributed by atoms with Crippen molar-refractivity contribution in [3.8, 4) is 0 Å². The molecule has 0 saturated carbocycles. The van der Waals surface area contributed by atoms with E-state index >= 15 is 0 Å². The van der Waals surface area contributed by atoms with Gasteiger partial charge in [0, 0.05) is 0 Å². The number of ether oxygens (including phenoxy) is 2. The molecule has 4 nitrogen and oxygen atoms in total. The molecule has 0 radical (unpaired) electrons. The molecule has 0 N–H and O–H groups in total. The second-order valence-electron chi connectivity index (χ2n) is 2.53. The summed E-state index contributed by atoms with van der Waals surface area (Å²) in [5, 5.41) is 0.